The highest BCUT2D eigenvalue weighted by molar-refractivity contribution is 9.10. The zero-order valence-electron chi connectivity index (χ0n) is 11.1. The summed E-state index contributed by atoms with van der Waals surface area (Å²) in [6.07, 6.45) is -4.32. The van der Waals surface area contributed by atoms with Gasteiger partial charge in [0, 0.05) is 15.0 Å². The summed E-state index contributed by atoms with van der Waals surface area (Å²) in [5.41, 5.74) is 0.821. The minimum atomic E-state index is -4.32. The predicted molar refractivity (Wildman–Crippen MR) is 82.0 cm³/mol. The molecule has 1 N–H and O–H groups in total. The monoisotopic (exact) mass is 379 g/mol. The molecule has 0 radical (unpaired) electrons. The molecule has 2 aromatic rings. The van der Waals surface area contributed by atoms with E-state index >= 15 is 0 Å². The van der Waals surface area contributed by atoms with Gasteiger partial charge in [0.1, 0.15) is 5.75 Å². The van der Waals surface area contributed by atoms with Crippen molar-refractivity contribution < 1.29 is 17.9 Å². The SMILES string of the molecule is CC(Nc1ccc(OCC(F)(F)F)cc1)c1sccc1Br. The molecule has 1 aromatic carbocycles. The van der Waals surface area contributed by atoms with E-state index in [1.165, 1.54) is 12.1 Å². The second-order valence-corrected chi connectivity index (χ2v) is 6.23. The first kappa shape index (κ1) is 16.2. The minimum absolute atomic E-state index is 0.0984. The third-order valence-corrected chi connectivity index (χ3v) is 4.73. The third kappa shape index (κ3) is 4.93. The highest BCUT2D eigenvalue weighted by Crippen LogP contribution is 2.31. The summed E-state index contributed by atoms with van der Waals surface area (Å²) < 4.78 is 41.8. The smallest absolute Gasteiger partial charge is 0.422 e. The molecule has 2 nitrogen and oxygen atoms in total. The summed E-state index contributed by atoms with van der Waals surface area (Å²) in [5, 5.41) is 5.28. The molecule has 1 unspecified atom stereocenters. The molecular formula is C14H13BrF3NOS. The van der Waals surface area contributed by atoms with Gasteiger partial charge in [-0.25, -0.2) is 0 Å². The van der Waals surface area contributed by atoms with Crippen LogP contribution in [-0.4, -0.2) is 12.8 Å². The number of anilines is 1. The first-order valence-corrected chi connectivity index (χ1v) is 7.81. The van der Waals surface area contributed by atoms with E-state index in [0.29, 0.717) is 0 Å². The van der Waals surface area contributed by atoms with Crippen LogP contribution in [-0.2, 0) is 0 Å². The predicted octanol–water partition coefficient (Wildman–Crippen LogP) is 5.62. The van der Waals surface area contributed by atoms with Crippen LogP contribution in [0.2, 0.25) is 0 Å². The van der Waals surface area contributed by atoms with Crippen LogP contribution in [0.15, 0.2) is 40.2 Å². The Morgan fingerprint density at radius 3 is 2.43 bits per heavy atom. The van der Waals surface area contributed by atoms with E-state index in [-0.39, 0.29) is 11.8 Å². The Balaban J connectivity index is 1.95. The minimum Gasteiger partial charge on any atom is -0.484 e. The van der Waals surface area contributed by atoms with Crippen molar-refractivity contribution in [2.45, 2.75) is 19.1 Å². The van der Waals surface area contributed by atoms with Crippen LogP contribution in [0.4, 0.5) is 18.9 Å². The molecule has 0 aliphatic carbocycles. The fraction of sp³-hybridized carbons (Fsp3) is 0.286. The maximum Gasteiger partial charge on any atom is 0.422 e. The number of alkyl halides is 3. The van der Waals surface area contributed by atoms with Gasteiger partial charge < -0.3 is 10.1 Å². The molecule has 0 bridgehead atoms. The first-order chi connectivity index (χ1) is 9.85. The van der Waals surface area contributed by atoms with Crippen LogP contribution in [0.3, 0.4) is 0 Å². The van der Waals surface area contributed by atoms with Crippen LogP contribution in [0.25, 0.3) is 0 Å². The highest BCUT2D eigenvalue weighted by Gasteiger charge is 2.28. The van der Waals surface area contributed by atoms with Gasteiger partial charge in [0.2, 0.25) is 0 Å². The number of hydrogen-bond donors (Lipinski definition) is 1. The van der Waals surface area contributed by atoms with Crippen molar-refractivity contribution >= 4 is 33.0 Å². The number of rotatable bonds is 5. The highest BCUT2D eigenvalue weighted by atomic mass is 79.9. The van der Waals surface area contributed by atoms with E-state index in [4.69, 9.17) is 0 Å². The zero-order valence-corrected chi connectivity index (χ0v) is 13.5. The lowest BCUT2D eigenvalue weighted by atomic mass is 10.2. The average molecular weight is 380 g/mol. The van der Waals surface area contributed by atoms with Crippen molar-refractivity contribution in [2.75, 3.05) is 11.9 Å². The molecule has 0 aliphatic rings. The Morgan fingerprint density at radius 2 is 1.90 bits per heavy atom. The van der Waals surface area contributed by atoms with Gasteiger partial charge in [0.15, 0.2) is 6.61 Å². The van der Waals surface area contributed by atoms with Crippen molar-refractivity contribution in [3.8, 4) is 5.75 Å². The number of ether oxygens (including phenoxy) is 1. The summed E-state index contributed by atoms with van der Waals surface area (Å²) in [4.78, 5) is 1.16. The van der Waals surface area contributed by atoms with E-state index in [1.54, 1.807) is 23.5 Å². The van der Waals surface area contributed by atoms with E-state index in [2.05, 4.69) is 26.0 Å². The standard InChI is InChI=1S/C14H13BrF3NOS/c1-9(13-12(15)6-7-21-13)19-10-2-4-11(5-3-10)20-8-14(16,17)18/h2-7,9,19H,8H2,1H3. The van der Waals surface area contributed by atoms with Gasteiger partial charge in [-0.2, -0.15) is 13.2 Å². The molecule has 1 aromatic heterocycles. The van der Waals surface area contributed by atoms with Gasteiger partial charge in [-0.3, -0.25) is 0 Å². The Morgan fingerprint density at radius 1 is 1.24 bits per heavy atom. The summed E-state index contributed by atoms with van der Waals surface area (Å²) in [5.74, 6) is 0.197. The second-order valence-electron chi connectivity index (χ2n) is 4.43. The summed E-state index contributed by atoms with van der Waals surface area (Å²) in [6.45, 7) is 0.739. The molecule has 0 spiro atoms. The fourth-order valence-corrected chi connectivity index (χ4v) is 3.47. The van der Waals surface area contributed by atoms with Crippen LogP contribution in [0.1, 0.15) is 17.8 Å². The number of halogens is 4. The largest absolute Gasteiger partial charge is 0.484 e. The van der Waals surface area contributed by atoms with Crippen LogP contribution >= 0.6 is 27.3 Å². The van der Waals surface area contributed by atoms with Crippen LogP contribution < -0.4 is 10.1 Å². The van der Waals surface area contributed by atoms with Crippen molar-refractivity contribution in [2.24, 2.45) is 0 Å². The molecule has 0 saturated heterocycles. The first-order valence-electron chi connectivity index (χ1n) is 6.14. The van der Waals surface area contributed by atoms with Gasteiger partial charge in [-0.05, 0) is 58.6 Å². The zero-order chi connectivity index (χ0) is 15.5. The van der Waals surface area contributed by atoms with Crippen LogP contribution in [0, 0.1) is 0 Å². The lowest BCUT2D eigenvalue weighted by molar-refractivity contribution is -0.153. The number of benzene rings is 1. The summed E-state index contributed by atoms with van der Waals surface area (Å²) >= 11 is 5.11. The van der Waals surface area contributed by atoms with E-state index in [1.807, 2.05) is 18.4 Å². The molecule has 0 saturated carbocycles. The Hall–Kier alpha value is -1.21. The molecule has 114 valence electrons. The number of nitrogens with one attached hydrogen (secondary N) is 1. The topological polar surface area (TPSA) is 21.3 Å². The van der Waals surface area contributed by atoms with Crippen molar-refractivity contribution in [3.05, 3.63) is 45.1 Å². The Kier molecular flexibility index (Phi) is 5.16. The molecule has 21 heavy (non-hydrogen) atoms. The molecule has 0 aliphatic heterocycles. The van der Waals surface area contributed by atoms with Gasteiger partial charge in [-0.1, -0.05) is 0 Å². The Bertz CT molecular complexity index is 583. The van der Waals surface area contributed by atoms with Crippen LogP contribution in [0.5, 0.6) is 5.75 Å². The van der Waals surface area contributed by atoms with Gasteiger partial charge in [-0.15, -0.1) is 11.3 Å². The number of hydrogen-bond acceptors (Lipinski definition) is 3. The second kappa shape index (κ2) is 6.70. The molecule has 1 atom stereocenters. The molecular weight excluding hydrogens is 367 g/mol. The lowest BCUT2D eigenvalue weighted by Gasteiger charge is -2.15. The quantitative estimate of drug-likeness (QED) is 0.727. The number of thiophene rings is 1. The molecule has 0 fully saturated rings. The van der Waals surface area contributed by atoms with Crippen molar-refractivity contribution in [3.63, 3.8) is 0 Å². The molecule has 1 heterocycles. The molecule has 0 amide bonds. The lowest BCUT2D eigenvalue weighted by Crippen LogP contribution is -2.19. The molecule has 2 rings (SSSR count). The van der Waals surface area contributed by atoms with Gasteiger partial charge in [0.25, 0.3) is 0 Å². The third-order valence-electron chi connectivity index (χ3n) is 2.68. The maximum atomic E-state index is 12.0. The fourth-order valence-electron chi connectivity index (χ4n) is 1.74. The van der Waals surface area contributed by atoms with Crippen molar-refractivity contribution in [1.29, 1.82) is 0 Å². The van der Waals surface area contributed by atoms with E-state index < -0.39 is 12.8 Å². The Labute approximate surface area is 133 Å². The summed E-state index contributed by atoms with van der Waals surface area (Å²) in [7, 11) is 0. The molecule has 7 heteroatoms. The normalized spacial score (nSPS) is 13.0. The maximum absolute atomic E-state index is 12.0. The van der Waals surface area contributed by atoms with E-state index in [0.717, 1.165) is 15.0 Å². The van der Waals surface area contributed by atoms with E-state index in [9.17, 15) is 13.2 Å². The average Bonchev–Trinajstić information content (AvgIpc) is 2.83. The van der Waals surface area contributed by atoms with Gasteiger partial charge in [0.05, 0.1) is 6.04 Å². The summed E-state index contributed by atoms with van der Waals surface area (Å²) in [6, 6.07) is 8.51. The van der Waals surface area contributed by atoms with Crippen molar-refractivity contribution in [1.82, 2.24) is 0 Å². The van der Waals surface area contributed by atoms with Gasteiger partial charge >= 0.3 is 6.18 Å².